The van der Waals surface area contributed by atoms with Crippen molar-refractivity contribution in [3.63, 3.8) is 0 Å². The Hall–Kier alpha value is -3.62. The number of hydrogen-bond acceptors (Lipinski definition) is 2. The van der Waals surface area contributed by atoms with E-state index in [9.17, 15) is 22.4 Å². The van der Waals surface area contributed by atoms with Crippen LogP contribution in [0.3, 0.4) is 0 Å². The zero-order valence-corrected chi connectivity index (χ0v) is 17.5. The van der Waals surface area contributed by atoms with Crippen LogP contribution in [0.2, 0.25) is 0 Å². The van der Waals surface area contributed by atoms with Crippen molar-refractivity contribution in [2.24, 2.45) is 7.05 Å². The summed E-state index contributed by atoms with van der Waals surface area (Å²) >= 11 is 0. The molecule has 2 aromatic heterocycles. The van der Waals surface area contributed by atoms with Gasteiger partial charge in [-0.1, -0.05) is 0 Å². The molecule has 1 saturated heterocycles. The Bertz CT molecular complexity index is 1430. The van der Waals surface area contributed by atoms with Crippen LogP contribution in [0, 0.1) is 23.3 Å². The second kappa shape index (κ2) is 6.94. The maximum absolute atomic E-state index is 14.8. The molecule has 1 N–H and O–H groups in total. The summed E-state index contributed by atoms with van der Waals surface area (Å²) in [5.74, 6) is -5.08. The van der Waals surface area contributed by atoms with E-state index in [4.69, 9.17) is 0 Å². The first kappa shape index (κ1) is 20.0. The van der Waals surface area contributed by atoms with Crippen molar-refractivity contribution in [2.75, 3.05) is 0 Å². The number of nitrogens with one attached hydrogen (secondary N) is 1. The molecule has 0 aliphatic carbocycles. The third kappa shape index (κ3) is 2.77. The van der Waals surface area contributed by atoms with Crippen LogP contribution in [0.4, 0.5) is 17.6 Å². The summed E-state index contributed by atoms with van der Waals surface area (Å²) in [5, 5.41) is 5.31. The van der Waals surface area contributed by atoms with Crippen LogP contribution >= 0.6 is 0 Å². The predicted octanol–water partition coefficient (Wildman–Crippen LogP) is 5.03. The molecule has 2 atom stereocenters. The summed E-state index contributed by atoms with van der Waals surface area (Å²) in [6.07, 6.45) is 3.41. The largest absolute Gasteiger partial charge is 0.360 e. The van der Waals surface area contributed by atoms with E-state index in [0.717, 1.165) is 23.1 Å². The van der Waals surface area contributed by atoms with Crippen molar-refractivity contribution in [2.45, 2.75) is 31.3 Å². The highest BCUT2D eigenvalue weighted by molar-refractivity contribution is 6.06. The van der Waals surface area contributed by atoms with Crippen LogP contribution in [0.5, 0.6) is 0 Å². The number of H-pyrrole nitrogens is 1. The number of amides is 1. The molecular weight excluding hydrogens is 436 g/mol. The molecule has 0 unspecified atom stereocenters. The highest BCUT2D eigenvalue weighted by atomic mass is 19.2. The van der Waals surface area contributed by atoms with Gasteiger partial charge in [0.15, 0.2) is 17.5 Å². The van der Waals surface area contributed by atoms with E-state index in [1.165, 1.54) is 10.7 Å². The van der Waals surface area contributed by atoms with E-state index in [-0.39, 0.29) is 23.2 Å². The second-order valence-electron chi connectivity index (χ2n) is 8.62. The molecule has 2 aliphatic heterocycles. The van der Waals surface area contributed by atoms with Crippen molar-refractivity contribution in [3.05, 3.63) is 76.6 Å². The fraction of sp³-hybridized carbons (Fsp3) is 0.250. The molecule has 2 bridgehead atoms. The molecule has 168 valence electrons. The number of carbonyl (C=O) groups excluding carboxylic acids is 1. The number of aromatic nitrogens is 3. The lowest BCUT2D eigenvalue weighted by molar-refractivity contribution is 0.0639. The number of rotatable bonds is 2. The lowest BCUT2D eigenvalue weighted by Gasteiger charge is -2.34. The minimum absolute atomic E-state index is 0.00307. The maximum Gasteiger partial charge on any atom is 0.259 e. The van der Waals surface area contributed by atoms with Gasteiger partial charge in [0.25, 0.3) is 5.91 Å². The van der Waals surface area contributed by atoms with Crippen molar-refractivity contribution < 1.29 is 22.4 Å². The maximum atomic E-state index is 14.8. The highest BCUT2D eigenvalue weighted by Gasteiger charge is 2.46. The van der Waals surface area contributed by atoms with E-state index >= 15 is 0 Å². The Labute approximate surface area is 185 Å². The zero-order chi connectivity index (χ0) is 23.0. The first-order chi connectivity index (χ1) is 15.8. The van der Waals surface area contributed by atoms with Crippen molar-refractivity contribution >= 4 is 16.8 Å². The minimum Gasteiger partial charge on any atom is -0.360 e. The van der Waals surface area contributed by atoms with Crippen molar-refractivity contribution in [3.8, 4) is 11.3 Å². The Balaban J connectivity index is 1.45. The van der Waals surface area contributed by atoms with Gasteiger partial charge in [-0.05, 0) is 49.6 Å². The number of nitrogens with zero attached hydrogens (tertiary/aromatic N) is 3. The summed E-state index contributed by atoms with van der Waals surface area (Å²) in [5.41, 5.74) is 2.52. The van der Waals surface area contributed by atoms with Gasteiger partial charge in [-0.15, -0.1) is 0 Å². The smallest absolute Gasteiger partial charge is 0.259 e. The van der Waals surface area contributed by atoms with Gasteiger partial charge in [0, 0.05) is 35.8 Å². The monoisotopic (exact) mass is 454 g/mol. The second-order valence-corrected chi connectivity index (χ2v) is 8.62. The molecule has 0 radical (unpaired) electrons. The molecule has 0 saturated carbocycles. The quantitative estimate of drug-likeness (QED) is 0.341. The molecular formula is C24H18F4N4O. The van der Waals surface area contributed by atoms with Gasteiger partial charge >= 0.3 is 0 Å². The van der Waals surface area contributed by atoms with Gasteiger partial charge in [0.05, 0.1) is 28.5 Å². The van der Waals surface area contributed by atoms with Gasteiger partial charge in [-0.2, -0.15) is 5.10 Å². The number of benzene rings is 2. The third-order valence-electron chi connectivity index (χ3n) is 6.82. The summed E-state index contributed by atoms with van der Waals surface area (Å²) in [7, 11) is 1.64. The fourth-order valence-corrected chi connectivity index (χ4v) is 5.45. The van der Waals surface area contributed by atoms with Crippen LogP contribution < -0.4 is 0 Å². The number of fused-ring (bicyclic) bond motifs is 5. The average Bonchev–Trinajstić information content (AvgIpc) is 3.46. The van der Waals surface area contributed by atoms with Crippen LogP contribution in [0.25, 0.3) is 22.2 Å². The highest BCUT2D eigenvalue weighted by Crippen LogP contribution is 2.47. The first-order valence-corrected chi connectivity index (χ1v) is 10.6. The summed E-state index contributed by atoms with van der Waals surface area (Å²) < 4.78 is 57.6. The zero-order valence-electron chi connectivity index (χ0n) is 17.5. The SMILES string of the molecule is Cn1nc2c(c1-c1cc(F)c(F)c(F)c1)C[C@H]1CC[C@@H]2N1C(=O)c1c(F)ccc2cc[nH]c12. The van der Waals surface area contributed by atoms with Crippen LogP contribution in [-0.4, -0.2) is 31.6 Å². The average molecular weight is 454 g/mol. The number of aryl methyl sites for hydroxylation is 1. The van der Waals surface area contributed by atoms with Gasteiger partial charge in [-0.25, -0.2) is 17.6 Å². The van der Waals surface area contributed by atoms with Crippen molar-refractivity contribution in [1.29, 1.82) is 0 Å². The lowest BCUT2D eigenvalue weighted by Crippen LogP contribution is -2.42. The normalized spacial score (nSPS) is 19.4. The molecule has 1 fully saturated rings. The molecule has 2 aliphatic rings. The van der Waals surface area contributed by atoms with Gasteiger partial charge in [0.1, 0.15) is 5.82 Å². The molecule has 33 heavy (non-hydrogen) atoms. The summed E-state index contributed by atoms with van der Waals surface area (Å²) in [4.78, 5) is 18.2. The number of halogens is 4. The van der Waals surface area contributed by atoms with E-state index in [0.29, 0.717) is 36.2 Å². The van der Waals surface area contributed by atoms with Crippen LogP contribution in [0.15, 0.2) is 36.5 Å². The number of hydrogen-bond donors (Lipinski definition) is 1. The fourth-order valence-electron chi connectivity index (χ4n) is 5.45. The van der Waals surface area contributed by atoms with Gasteiger partial charge in [0.2, 0.25) is 0 Å². The minimum atomic E-state index is -1.52. The van der Waals surface area contributed by atoms with E-state index in [2.05, 4.69) is 10.1 Å². The van der Waals surface area contributed by atoms with Crippen LogP contribution in [0.1, 0.15) is 40.5 Å². The number of aromatic amines is 1. The van der Waals surface area contributed by atoms with Gasteiger partial charge < -0.3 is 9.88 Å². The Kier molecular flexibility index (Phi) is 4.21. The molecule has 0 spiro atoms. The summed E-state index contributed by atoms with van der Waals surface area (Å²) in [6, 6.07) is 6.00. The Morgan fingerprint density at radius 2 is 1.82 bits per heavy atom. The predicted molar refractivity (Wildman–Crippen MR) is 112 cm³/mol. The number of carbonyl (C=O) groups is 1. The summed E-state index contributed by atoms with van der Waals surface area (Å²) in [6.45, 7) is 0. The molecule has 1 amide bonds. The van der Waals surface area contributed by atoms with Crippen molar-refractivity contribution in [1.82, 2.24) is 19.7 Å². The van der Waals surface area contributed by atoms with E-state index in [1.807, 2.05) is 0 Å². The molecule has 6 rings (SSSR count). The standard InChI is InChI=1S/C24H18F4N4O/c1-31-23(12-8-16(26)20(28)17(27)9-12)14-10-13-3-5-18(22(14)30-31)32(13)24(33)19-15(25)4-2-11-6-7-29-21(11)19/h2,4,6-9,13,18,29H,3,5,10H2,1H3/t13-,18+/m1/s1. The van der Waals surface area contributed by atoms with Gasteiger partial charge in [-0.3, -0.25) is 9.48 Å². The van der Waals surface area contributed by atoms with Crippen LogP contribution in [-0.2, 0) is 13.5 Å². The topological polar surface area (TPSA) is 53.9 Å². The Morgan fingerprint density at radius 3 is 2.58 bits per heavy atom. The molecule has 9 heteroatoms. The van der Waals surface area contributed by atoms with E-state index < -0.39 is 29.2 Å². The molecule has 4 aromatic rings. The molecule has 4 heterocycles. The molecule has 5 nitrogen and oxygen atoms in total. The Morgan fingerprint density at radius 1 is 1.06 bits per heavy atom. The lowest BCUT2D eigenvalue weighted by atomic mass is 9.93. The first-order valence-electron chi connectivity index (χ1n) is 10.6. The van der Waals surface area contributed by atoms with E-state index in [1.54, 1.807) is 30.3 Å². The molecule has 2 aromatic carbocycles. The third-order valence-corrected chi connectivity index (χ3v) is 6.82.